The molecule has 11 nitrogen and oxygen atoms in total. The molecule has 5 aromatic carbocycles. The Bertz CT molecular complexity index is 2180. The summed E-state index contributed by atoms with van der Waals surface area (Å²) in [6.07, 6.45) is -0.769. The second-order valence-electron chi connectivity index (χ2n) is 15.9. The van der Waals surface area contributed by atoms with Crippen molar-refractivity contribution in [3.8, 4) is 11.1 Å². The van der Waals surface area contributed by atoms with Gasteiger partial charge in [-0.2, -0.15) is 0 Å². The molecule has 6 rings (SSSR count). The number of ether oxygens (including phenoxy) is 2. The summed E-state index contributed by atoms with van der Waals surface area (Å²) in [5, 5.41) is 11.1. The molecular weight excluding hydrogens is 801 g/mol. The van der Waals surface area contributed by atoms with E-state index < -0.39 is 64.5 Å². The Labute approximate surface area is 367 Å². The zero-order chi connectivity index (χ0) is 44.2. The van der Waals surface area contributed by atoms with Crippen LogP contribution >= 0.6 is 11.8 Å². The maximum absolute atomic E-state index is 14.6. The third kappa shape index (κ3) is 10.4. The van der Waals surface area contributed by atoms with Crippen molar-refractivity contribution in [2.24, 2.45) is 11.8 Å². The van der Waals surface area contributed by atoms with Crippen LogP contribution in [0.4, 0.5) is 4.79 Å². The summed E-state index contributed by atoms with van der Waals surface area (Å²) >= 11 is 1.46. The Morgan fingerprint density at radius 3 is 1.50 bits per heavy atom. The van der Waals surface area contributed by atoms with Crippen molar-refractivity contribution in [1.29, 1.82) is 0 Å². The van der Waals surface area contributed by atoms with Crippen molar-refractivity contribution in [3.05, 3.63) is 167 Å². The fourth-order valence-electron chi connectivity index (χ4n) is 7.85. The Morgan fingerprint density at radius 1 is 0.581 bits per heavy atom. The maximum Gasteiger partial charge on any atom is 0.407 e. The lowest BCUT2D eigenvalue weighted by Crippen LogP contribution is -2.59. The molecule has 4 amide bonds. The number of carbonyl (C=O) groups is 5. The molecule has 0 aliphatic heterocycles. The summed E-state index contributed by atoms with van der Waals surface area (Å²) in [6.45, 7) is 6.80. The molecule has 0 heterocycles. The van der Waals surface area contributed by atoms with Crippen molar-refractivity contribution < 1.29 is 33.4 Å². The summed E-state index contributed by atoms with van der Waals surface area (Å²) in [5.41, 5.74) is 7.15. The lowest BCUT2D eigenvalue weighted by molar-refractivity contribution is -0.141. The SMILES string of the molecule is COC(=O)CNC(=O)[C@H](NC(=O)[C@@H](CSC(c1ccccc1)(c1ccccc1)c1ccccc1)NC(=O)[C@H](NC(=O)OCC1c2ccccc2-c2ccccc21)C(C)C)C(C)C. The van der Waals surface area contributed by atoms with Gasteiger partial charge in [-0.15, -0.1) is 11.8 Å². The molecule has 62 heavy (non-hydrogen) atoms. The van der Waals surface area contributed by atoms with Crippen LogP contribution < -0.4 is 21.3 Å². The van der Waals surface area contributed by atoms with Crippen LogP contribution in [0.15, 0.2) is 140 Å². The smallest absolute Gasteiger partial charge is 0.407 e. The number of alkyl carbamates (subject to hydrolysis) is 1. The Morgan fingerprint density at radius 2 is 1.03 bits per heavy atom. The van der Waals surface area contributed by atoms with Gasteiger partial charge >= 0.3 is 12.1 Å². The molecule has 322 valence electrons. The van der Waals surface area contributed by atoms with Gasteiger partial charge in [0.25, 0.3) is 0 Å². The first-order chi connectivity index (χ1) is 29.9. The van der Waals surface area contributed by atoms with E-state index in [0.717, 1.165) is 38.9 Å². The summed E-state index contributed by atoms with van der Waals surface area (Å²) in [5.74, 6) is -3.38. The van der Waals surface area contributed by atoms with Crippen molar-refractivity contribution in [2.75, 3.05) is 26.0 Å². The Kier molecular flexibility index (Phi) is 15.2. The fraction of sp³-hybridized carbons (Fsp3) is 0.300. The summed E-state index contributed by atoms with van der Waals surface area (Å²) in [7, 11) is 1.22. The first kappa shape index (κ1) is 45.1. The number of hydrogen-bond donors (Lipinski definition) is 4. The summed E-state index contributed by atoms with van der Waals surface area (Å²) in [6, 6.07) is 42.5. The van der Waals surface area contributed by atoms with E-state index in [1.54, 1.807) is 27.7 Å². The van der Waals surface area contributed by atoms with Crippen LogP contribution in [0, 0.1) is 11.8 Å². The van der Waals surface area contributed by atoms with Crippen LogP contribution in [-0.2, 0) is 33.4 Å². The van der Waals surface area contributed by atoms with Crippen molar-refractivity contribution in [3.63, 3.8) is 0 Å². The summed E-state index contributed by atoms with van der Waals surface area (Å²) in [4.78, 5) is 67.8. The number of amides is 4. The quantitative estimate of drug-likeness (QED) is 0.0535. The van der Waals surface area contributed by atoms with E-state index in [-0.39, 0.29) is 24.8 Å². The molecule has 1 aliphatic rings. The average molecular weight is 855 g/mol. The van der Waals surface area contributed by atoms with E-state index in [9.17, 15) is 24.0 Å². The van der Waals surface area contributed by atoms with Gasteiger partial charge in [0.05, 0.1) is 11.9 Å². The monoisotopic (exact) mass is 854 g/mol. The van der Waals surface area contributed by atoms with Crippen molar-refractivity contribution >= 4 is 41.5 Å². The van der Waals surface area contributed by atoms with Crippen LogP contribution in [0.5, 0.6) is 0 Å². The lowest BCUT2D eigenvalue weighted by atomic mass is 9.84. The van der Waals surface area contributed by atoms with Crippen LogP contribution in [0.25, 0.3) is 11.1 Å². The third-order valence-electron chi connectivity index (χ3n) is 11.1. The highest BCUT2D eigenvalue weighted by molar-refractivity contribution is 8.00. The van der Waals surface area contributed by atoms with E-state index in [2.05, 4.69) is 38.1 Å². The predicted molar refractivity (Wildman–Crippen MR) is 242 cm³/mol. The van der Waals surface area contributed by atoms with E-state index in [1.165, 1.54) is 18.9 Å². The number of carbonyl (C=O) groups excluding carboxylic acids is 5. The number of benzene rings is 5. The van der Waals surface area contributed by atoms with Gasteiger partial charge in [0.15, 0.2) is 0 Å². The topological polar surface area (TPSA) is 152 Å². The molecule has 0 spiro atoms. The minimum absolute atomic E-state index is 0.0423. The molecule has 0 saturated heterocycles. The van der Waals surface area contributed by atoms with E-state index in [0.29, 0.717) is 0 Å². The highest BCUT2D eigenvalue weighted by Gasteiger charge is 2.40. The van der Waals surface area contributed by atoms with Gasteiger partial charge < -0.3 is 30.7 Å². The minimum atomic E-state index is -1.21. The number of nitrogens with one attached hydrogen (secondary N) is 4. The molecule has 5 aromatic rings. The molecule has 0 unspecified atom stereocenters. The third-order valence-corrected chi connectivity index (χ3v) is 12.7. The molecule has 3 atom stereocenters. The number of methoxy groups -OCH3 is 1. The van der Waals surface area contributed by atoms with E-state index >= 15 is 0 Å². The van der Waals surface area contributed by atoms with Gasteiger partial charge in [-0.05, 0) is 50.8 Å². The highest BCUT2D eigenvalue weighted by Crippen LogP contribution is 2.49. The van der Waals surface area contributed by atoms with Crippen LogP contribution in [0.2, 0.25) is 0 Å². The second-order valence-corrected chi connectivity index (χ2v) is 17.1. The molecule has 0 fully saturated rings. The molecule has 4 N–H and O–H groups in total. The van der Waals surface area contributed by atoms with Crippen molar-refractivity contribution in [1.82, 2.24) is 21.3 Å². The fourth-order valence-corrected chi connectivity index (χ4v) is 9.41. The number of thioether (sulfide) groups is 1. The van der Waals surface area contributed by atoms with Gasteiger partial charge in [0, 0.05) is 11.7 Å². The lowest BCUT2D eigenvalue weighted by Gasteiger charge is -2.37. The largest absolute Gasteiger partial charge is 0.468 e. The number of rotatable bonds is 18. The molecule has 0 radical (unpaired) electrons. The molecule has 1 aliphatic carbocycles. The zero-order valence-electron chi connectivity index (χ0n) is 35.6. The maximum atomic E-state index is 14.6. The highest BCUT2D eigenvalue weighted by atomic mass is 32.2. The average Bonchev–Trinajstić information content (AvgIpc) is 3.62. The first-order valence-corrected chi connectivity index (χ1v) is 21.8. The number of hydrogen-bond acceptors (Lipinski definition) is 8. The van der Waals surface area contributed by atoms with Gasteiger partial charge in [-0.3, -0.25) is 19.2 Å². The second kappa shape index (κ2) is 20.9. The van der Waals surface area contributed by atoms with Crippen molar-refractivity contribution in [2.45, 2.75) is 56.5 Å². The Balaban J connectivity index is 1.28. The van der Waals surface area contributed by atoms with Crippen LogP contribution in [0.1, 0.15) is 61.4 Å². The van der Waals surface area contributed by atoms with Crippen LogP contribution in [-0.4, -0.2) is 73.9 Å². The first-order valence-electron chi connectivity index (χ1n) is 20.8. The van der Waals surface area contributed by atoms with Gasteiger partial charge in [0.1, 0.15) is 31.3 Å². The molecule has 0 saturated carbocycles. The van der Waals surface area contributed by atoms with E-state index in [1.807, 2.05) is 127 Å². The predicted octanol–water partition coefficient (Wildman–Crippen LogP) is 7.19. The normalized spacial score (nSPS) is 13.5. The van der Waals surface area contributed by atoms with Crippen LogP contribution in [0.3, 0.4) is 0 Å². The molecular formula is C50H54N4O7S. The minimum Gasteiger partial charge on any atom is -0.468 e. The zero-order valence-corrected chi connectivity index (χ0v) is 36.4. The van der Waals surface area contributed by atoms with Gasteiger partial charge in [-0.25, -0.2) is 4.79 Å². The standard InChI is InChI=1S/C50H54N4O7S/c1-32(2)44(47(57)51-29-43(55)60-5)53-46(56)42(31-62-50(34-19-9-6-10-20-34,35-21-11-7-12-22-35)36-23-13-8-14-24-36)52-48(58)45(33(3)4)54-49(59)61-30-41-39-27-17-15-25-37(39)38-26-16-18-28-40(38)41/h6-28,32-33,41-42,44-45H,29-31H2,1-5H3,(H,51,57)(H,52,58)(H,53,56)(H,54,59)/t42-,44-,45-/m1/s1. The molecule has 12 heteroatoms. The summed E-state index contributed by atoms with van der Waals surface area (Å²) < 4.78 is 9.66. The van der Waals surface area contributed by atoms with Gasteiger partial charge in [0.2, 0.25) is 17.7 Å². The Hall–Kier alpha value is -6.40. The van der Waals surface area contributed by atoms with E-state index in [4.69, 9.17) is 4.74 Å². The molecule has 0 aromatic heterocycles. The molecule has 0 bridgehead atoms. The number of esters is 1. The van der Waals surface area contributed by atoms with Gasteiger partial charge in [-0.1, -0.05) is 167 Å². The number of fused-ring (bicyclic) bond motifs is 3.